The first-order valence-corrected chi connectivity index (χ1v) is 8.55. The number of nitrogens with one attached hydrogen (secondary N) is 2. The standard InChI is InChI=1S/C14H20N2O3S/c1-2-20(18,19)12-8-6-11(7-9-12)16-14(17)13-5-3-4-10-15-13/h6-9,13,15H,2-5,10H2,1H3,(H,16,17)/t13-/m1/s1. The van der Waals surface area contributed by atoms with E-state index < -0.39 is 9.84 Å². The topological polar surface area (TPSA) is 75.3 Å². The molecule has 0 spiro atoms. The van der Waals surface area contributed by atoms with Crippen molar-refractivity contribution in [1.82, 2.24) is 5.32 Å². The highest BCUT2D eigenvalue weighted by Crippen LogP contribution is 2.16. The minimum atomic E-state index is -3.19. The summed E-state index contributed by atoms with van der Waals surface area (Å²) >= 11 is 0. The molecule has 2 rings (SSSR count). The Morgan fingerprint density at radius 3 is 2.55 bits per heavy atom. The third-order valence-electron chi connectivity index (χ3n) is 3.49. The van der Waals surface area contributed by atoms with Crippen LogP contribution in [0.2, 0.25) is 0 Å². The van der Waals surface area contributed by atoms with Gasteiger partial charge in [-0.05, 0) is 43.7 Å². The first-order chi connectivity index (χ1) is 9.53. The Labute approximate surface area is 119 Å². The summed E-state index contributed by atoms with van der Waals surface area (Å²) in [7, 11) is -3.19. The molecule has 2 N–H and O–H groups in total. The largest absolute Gasteiger partial charge is 0.325 e. The van der Waals surface area contributed by atoms with E-state index >= 15 is 0 Å². The van der Waals surface area contributed by atoms with E-state index in [0.29, 0.717) is 5.69 Å². The third-order valence-corrected chi connectivity index (χ3v) is 5.24. The molecule has 20 heavy (non-hydrogen) atoms. The molecule has 110 valence electrons. The first-order valence-electron chi connectivity index (χ1n) is 6.90. The van der Waals surface area contributed by atoms with Crippen molar-refractivity contribution in [2.45, 2.75) is 37.1 Å². The summed E-state index contributed by atoms with van der Waals surface area (Å²) in [6.07, 6.45) is 3.00. The van der Waals surface area contributed by atoms with Crippen LogP contribution in [0.4, 0.5) is 5.69 Å². The van der Waals surface area contributed by atoms with Crippen LogP contribution in [0.1, 0.15) is 26.2 Å². The van der Waals surface area contributed by atoms with Crippen molar-refractivity contribution in [1.29, 1.82) is 0 Å². The molecule has 1 aromatic rings. The SMILES string of the molecule is CCS(=O)(=O)c1ccc(NC(=O)[C@H]2CCCCN2)cc1. The maximum atomic E-state index is 12.0. The van der Waals surface area contributed by atoms with Crippen molar-refractivity contribution in [2.75, 3.05) is 17.6 Å². The second-order valence-corrected chi connectivity index (χ2v) is 7.20. The lowest BCUT2D eigenvalue weighted by atomic mass is 10.0. The van der Waals surface area contributed by atoms with Crippen molar-refractivity contribution >= 4 is 21.4 Å². The Morgan fingerprint density at radius 1 is 1.30 bits per heavy atom. The summed E-state index contributed by atoms with van der Waals surface area (Å²) < 4.78 is 23.4. The smallest absolute Gasteiger partial charge is 0.241 e. The molecule has 5 nitrogen and oxygen atoms in total. The summed E-state index contributed by atoms with van der Waals surface area (Å²) in [4.78, 5) is 12.3. The summed E-state index contributed by atoms with van der Waals surface area (Å²) in [5.74, 6) is 0.0147. The van der Waals surface area contributed by atoms with Gasteiger partial charge >= 0.3 is 0 Å². The predicted octanol–water partition coefficient (Wildman–Crippen LogP) is 1.56. The van der Waals surface area contributed by atoms with Crippen molar-refractivity contribution in [2.24, 2.45) is 0 Å². The maximum Gasteiger partial charge on any atom is 0.241 e. The number of rotatable bonds is 4. The van der Waals surface area contributed by atoms with Gasteiger partial charge in [0.05, 0.1) is 16.7 Å². The summed E-state index contributed by atoms with van der Waals surface area (Å²) in [5.41, 5.74) is 0.623. The molecule has 1 aromatic carbocycles. The molecule has 1 aliphatic heterocycles. The summed E-state index contributed by atoms with van der Waals surface area (Å²) in [5, 5.41) is 5.99. The molecule has 1 amide bonds. The third kappa shape index (κ3) is 3.58. The van der Waals surface area contributed by atoms with Gasteiger partial charge in [0.25, 0.3) is 0 Å². The van der Waals surface area contributed by atoms with E-state index in [-0.39, 0.29) is 22.6 Å². The Hall–Kier alpha value is -1.40. The number of hydrogen-bond acceptors (Lipinski definition) is 4. The Morgan fingerprint density at radius 2 is 2.00 bits per heavy atom. The Kier molecular flexibility index (Phi) is 4.77. The highest BCUT2D eigenvalue weighted by molar-refractivity contribution is 7.91. The number of amides is 1. The molecule has 0 bridgehead atoms. The van der Waals surface area contributed by atoms with Gasteiger partial charge < -0.3 is 10.6 Å². The fourth-order valence-corrected chi connectivity index (χ4v) is 3.10. The van der Waals surface area contributed by atoms with Crippen LogP contribution in [-0.2, 0) is 14.6 Å². The number of carbonyl (C=O) groups is 1. The van der Waals surface area contributed by atoms with Crippen LogP contribution in [-0.4, -0.2) is 32.7 Å². The second kappa shape index (κ2) is 6.37. The van der Waals surface area contributed by atoms with E-state index in [0.717, 1.165) is 25.8 Å². The maximum absolute atomic E-state index is 12.0. The lowest BCUT2D eigenvalue weighted by Crippen LogP contribution is -2.43. The molecular formula is C14H20N2O3S. The van der Waals surface area contributed by atoms with Gasteiger partial charge in [0.2, 0.25) is 5.91 Å². The molecule has 1 aliphatic rings. The van der Waals surface area contributed by atoms with Gasteiger partial charge in [0.15, 0.2) is 9.84 Å². The van der Waals surface area contributed by atoms with Crippen LogP contribution in [0.5, 0.6) is 0 Å². The number of hydrogen-bond donors (Lipinski definition) is 2. The lowest BCUT2D eigenvalue weighted by molar-refractivity contribution is -0.118. The quantitative estimate of drug-likeness (QED) is 0.884. The van der Waals surface area contributed by atoms with Crippen molar-refractivity contribution in [3.05, 3.63) is 24.3 Å². The second-order valence-electron chi connectivity index (χ2n) is 4.92. The molecule has 0 radical (unpaired) electrons. The minimum Gasteiger partial charge on any atom is -0.325 e. The van der Waals surface area contributed by atoms with Crippen LogP contribution >= 0.6 is 0 Å². The van der Waals surface area contributed by atoms with Gasteiger partial charge in [-0.1, -0.05) is 13.3 Å². The number of sulfone groups is 1. The fraction of sp³-hybridized carbons (Fsp3) is 0.500. The number of benzene rings is 1. The van der Waals surface area contributed by atoms with Crippen molar-refractivity contribution in [3.63, 3.8) is 0 Å². The molecule has 6 heteroatoms. The molecule has 0 aromatic heterocycles. The van der Waals surface area contributed by atoms with Crippen LogP contribution in [0.25, 0.3) is 0 Å². The monoisotopic (exact) mass is 296 g/mol. The van der Waals surface area contributed by atoms with E-state index in [1.165, 1.54) is 12.1 Å². The van der Waals surface area contributed by atoms with E-state index in [2.05, 4.69) is 10.6 Å². The fourth-order valence-electron chi connectivity index (χ4n) is 2.22. The molecule has 1 heterocycles. The van der Waals surface area contributed by atoms with E-state index in [4.69, 9.17) is 0 Å². The molecule has 1 atom stereocenters. The van der Waals surface area contributed by atoms with Gasteiger partial charge in [-0.3, -0.25) is 4.79 Å². The molecule has 0 aliphatic carbocycles. The van der Waals surface area contributed by atoms with Crippen molar-refractivity contribution in [3.8, 4) is 0 Å². The van der Waals surface area contributed by atoms with Gasteiger partial charge in [-0.2, -0.15) is 0 Å². The normalized spacial score (nSPS) is 19.6. The van der Waals surface area contributed by atoms with E-state index in [9.17, 15) is 13.2 Å². The Bertz CT molecular complexity index is 561. The van der Waals surface area contributed by atoms with Gasteiger partial charge in [-0.25, -0.2) is 8.42 Å². The average Bonchev–Trinajstić information content (AvgIpc) is 2.48. The first kappa shape index (κ1) is 15.0. The number of piperidine rings is 1. The summed E-state index contributed by atoms with van der Waals surface area (Å²) in [6.45, 7) is 2.48. The molecule has 0 unspecified atom stereocenters. The van der Waals surface area contributed by atoms with Crippen LogP contribution < -0.4 is 10.6 Å². The zero-order valence-electron chi connectivity index (χ0n) is 11.6. The van der Waals surface area contributed by atoms with E-state index in [1.54, 1.807) is 19.1 Å². The molecule has 1 saturated heterocycles. The Balaban J connectivity index is 2.02. The molecule has 0 saturated carbocycles. The van der Waals surface area contributed by atoms with Gasteiger partial charge in [0.1, 0.15) is 0 Å². The predicted molar refractivity (Wildman–Crippen MR) is 78.4 cm³/mol. The van der Waals surface area contributed by atoms with Crippen molar-refractivity contribution < 1.29 is 13.2 Å². The molecular weight excluding hydrogens is 276 g/mol. The van der Waals surface area contributed by atoms with Gasteiger partial charge in [-0.15, -0.1) is 0 Å². The highest BCUT2D eigenvalue weighted by atomic mass is 32.2. The van der Waals surface area contributed by atoms with Crippen LogP contribution in [0.15, 0.2) is 29.2 Å². The highest BCUT2D eigenvalue weighted by Gasteiger charge is 2.20. The molecule has 1 fully saturated rings. The van der Waals surface area contributed by atoms with Crippen LogP contribution in [0, 0.1) is 0 Å². The van der Waals surface area contributed by atoms with E-state index in [1.807, 2.05) is 0 Å². The number of anilines is 1. The summed E-state index contributed by atoms with van der Waals surface area (Å²) in [6, 6.07) is 6.17. The van der Waals surface area contributed by atoms with Crippen LogP contribution in [0.3, 0.4) is 0 Å². The van der Waals surface area contributed by atoms with Gasteiger partial charge in [0, 0.05) is 5.69 Å². The zero-order chi connectivity index (χ0) is 14.6. The lowest BCUT2D eigenvalue weighted by Gasteiger charge is -2.22. The number of carbonyl (C=O) groups excluding carboxylic acids is 1. The zero-order valence-corrected chi connectivity index (χ0v) is 12.4. The average molecular weight is 296 g/mol. The minimum absolute atomic E-state index is 0.0594.